The SMILES string of the molecule is O=C1NC(=O)C(Cc2ccc(OCCN3CC(c4ccccc4)OC3=O)cc2)S1. The third-order valence-corrected chi connectivity index (χ3v) is 5.78. The summed E-state index contributed by atoms with van der Waals surface area (Å²) < 4.78 is 11.2. The average molecular weight is 412 g/mol. The predicted octanol–water partition coefficient (Wildman–Crippen LogP) is 3.15. The fourth-order valence-electron chi connectivity index (χ4n) is 3.27. The molecule has 8 heteroatoms. The molecule has 7 nitrogen and oxygen atoms in total. The first-order valence-electron chi connectivity index (χ1n) is 9.32. The maximum atomic E-state index is 12.0. The van der Waals surface area contributed by atoms with Crippen molar-refractivity contribution in [2.24, 2.45) is 0 Å². The molecule has 4 rings (SSSR count). The molecule has 0 bridgehead atoms. The van der Waals surface area contributed by atoms with Crippen LogP contribution in [-0.4, -0.2) is 47.1 Å². The number of amides is 3. The maximum absolute atomic E-state index is 12.0. The van der Waals surface area contributed by atoms with Gasteiger partial charge in [0.1, 0.15) is 18.5 Å². The van der Waals surface area contributed by atoms with Crippen LogP contribution < -0.4 is 10.1 Å². The van der Waals surface area contributed by atoms with Crippen molar-refractivity contribution in [1.82, 2.24) is 10.2 Å². The fourth-order valence-corrected chi connectivity index (χ4v) is 4.13. The largest absolute Gasteiger partial charge is 0.492 e. The van der Waals surface area contributed by atoms with E-state index in [-0.39, 0.29) is 28.6 Å². The van der Waals surface area contributed by atoms with Crippen LogP contribution in [0.3, 0.4) is 0 Å². The Morgan fingerprint density at radius 2 is 1.83 bits per heavy atom. The highest BCUT2D eigenvalue weighted by Crippen LogP contribution is 2.26. The van der Waals surface area contributed by atoms with Crippen molar-refractivity contribution in [3.05, 3.63) is 65.7 Å². The van der Waals surface area contributed by atoms with Gasteiger partial charge in [0.2, 0.25) is 5.91 Å². The number of hydrogen-bond acceptors (Lipinski definition) is 6. The molecule has 0 aromatic heterocycles. The second-order valence-corrected chi connectivity index (χ2v) is 7.98. The van der Waals surface area contributed by atoms with Gasteiger partial charge in [0.25, 0.3) is 5.24 Å². The van der Waals surface area contributed by atoms with Crippen LogP contribution in [0, 0.1) is 0 Å². The van der Waals surface area contributed by atoms with Gasteiger partial charge in [0, 0.05) is 0 Å². The van der Waals surface area contributed by atoms with Crippen molar-refractivity contribution in [2.45, 2.75) is 17.8 Å². The van der Waals surface area contributed by atoms with Crippen molar-refractivity contribution in [1.29, 1.82) is 0 Å². The Hall–Kier alpha value is -3.00. The highest BCUT2D eigenvalue weighted by Gasteiger charge is 2.32. The summed E-state index contributed by atoms with van der Waals surface area (Å²) in [6.07, 6.45) is -0.0940. The molecular weight excluding hydrogens is 392 g/mol. The number of benzene rings is 2. The van der Waals surface area contributed by atoms with Crippen LogP contribution >= 0.6 is 11.8 Å². The molecule has 29 heavy (non-hydrogen) atoms. The van der Waals surface area contributed by atoms with E-state index in [1.807, 2.05) is 54.6 Å². The van der Waals surface area contributed by atoms with Crippen molar-refractivity contribution in [3.63, 3.8) is 0 Å². The van der Waals surface area contributed by atoms with Gasteiger partial charge in [-0.15, -0.1) is 0 Å². The lowest BCUT2D eigenvalue weighted by atomic mass is 10.1. The van der Waals surface area contributed by atoms with Crippen LogP contribution in [0.25, 0.3) is 0 Å². The van der Waals surface area contributed by atoms with Gasteiger partial charge in [-0.1, -0.05) is 54.2 Å². The lowest BCUT2D eigenvalue weighted by molar-refractivity contribution is -0.118. The number of imide groups is 1. The molecule has 2 atom stereocenters. The summed E-state index contributed by atoms with van der Waals surface area (Å²) in [4.78, 5) is 36.6. The standard InChI is InChI=1S/C21H20N2O5S/c24-19-18(29-20(25)22-19)12-14-6-8-16(9-7-14)27-11-10-23-13-17(28-21(23)26)15-4-2-1-3-5-15/h1-9,17-18H,10-13H2,(H,22,24,25). The van der Waals surface area contributed by atoms with Gasteiger partial charge >= 0.3 is 6.09 Å². The van der Waals surface area contributed by atoms with Crippen LogP contribution in [0.4, 0.5) is 9.59 Å². The summed E-state index contributed by atoms with van der Waals surface area (Å²) in [5.41, 5.74) is 1.93. The van der Waals surface area contributed by atoms with E-state index >= 15 is 0 Å². The minimum absolute atomic E-state index is 0.244. The van der Waals surface area contributed by atoms with E-state index < -0.39 is 0 Å². The molecule has 1 N–H and O–H groups in total. The molecule has 0 radical (unpaired) electrons. The Morgan fingerprint density at radius 1 is 1.07 bits per heavy atom. The molecule has 0 aliphatic carbocycles. The Labute approximate surface area is 172 Å². The number of carbonyl (C=O) groups excluding carboxylic acids is 3. The van der Waals surface area contributed by atoms with Crippen molar-refractivity contribution in [3.8, 4) is 5.75 Å². The monoisotopic (exact) mass is 412 g/mol. The van der Waals surface area contributed by atoms with Crippen LogP contribution in [-0.2, 0) is 16.0 Å². The molecule has 3 amide bonds. The molecule has 0 saturated carbocycles. The molecule has 150 valence electrons. The van der Waals surface area contributed by atoms with Gasteiger partial charge in [-0.2, -0.15) is 0 Å². The lowest BCUT2D eigenvalue weighted by Gasteiger charge is -2.14. The maximum Gasteiger partial charge on any atom is 0.410 e. The van der Waals surface area contributed by atoms with E-state index in [1.54, 1.807) is 4.90 Å². The molecule has 2 aromatic carbocycles. The molecule has 2 heterocycles. The van der Waals surface area contributed by atoms with Crippen LogP contribution in [0.2, 0.25) is 0 Å². The molecular formula is C21H20N2O5S. The van der Waals surface area contributed by atoms with Crippen molar-refractivity contribution in [2.75, 3.05) is 19.7 Å². The molecule has 2 aromatic rings. The third-order valence-electron chi connectivity index (χ3n) is 4.80. The van der Waals surface area contributed by atoms with Gasteiger partial charge in [-0.05, 0) is 29.7 Å². The summed E-state index contributed by atoms with van der Waals surface area (Å²) >= 11 is 1.02. The quantitative estimate of drug-likeness (QED) is 0.752. The first-order valence-corrected chi connectivity index (χ1v) is 10.2. The summed E-state index contributed by atoms with van der Waals surface area (Å²) in [6.45, 7) is 1.29. The number of nitrogens with zero attached hydrogens (tertiary/aromatic N) is 1. The summed E-state index contributed by atoms with van der Waals surface area (Å²) in [6, 6.07) is 17.1. The Kier molecular flexibility index (Phi) is 5.71. The van der Waals surface area contributed by atoms with E-state index in [0.717, 1.165) is 22.9 Å². The van der Waals surface area contributed by atoms with E-state index in [4.69, 9.17) is 9.47 Å². The Bertz CT molecular complexity index is 903. The zero-order valence-electron chi connectivity index (χ0n) is 15.6. The Morgan fingerprint density at radius 3 is 2.52 bits per heavy atom. The third kappa shape index (κ3) is 4.71. The molecule has 2 aliphatic rings. The first kappa shape index (κ1) is 19.3. The zero-order chi connectivity index (χ0) is 20.2. The number of cyclic esters (lactones) is 1. The highest BCUT2D eigenvalue weighted by molar-refractivity contribution is 8.15. The van der Waals surface area contributed by atoms with Gasteiger partial charge in [-0.3, -0.25) is 14.9 Å². The van der Waals surface area contributed by atoms with Crippen LogP contribution in [0.15, 0.2) is 54.6 Å². The van der Waals surface area contributed by atoms with Gasteiger partial charge in [0.05, 0.1) is 18.3 Å². The second kappa shape index (κ2) is 8.57. The number of thioether (sulfide) groups is 1. The van der Waals surface area contributed by atoms with E-state index in [2.05, 4.69) is 5.32 Å². The topological polar surface area (TPSA) is 84.9 Å². The van der Waals surface area contributed by atoms with E-state index in [9.17, 15) is 14.4 Å². The van der Waals surface area contributed by atoms with Gasteiger partial charge < -0.3 is 14.4 Å². The van der Waals surface area contributed by atoms with Crippen molar-refractivity contribution < 1.29 is 23.9 Å². The second-order valence-electron chi connectivity index (χ2n) is 6.81. The first-order chi connectivity index (χ1) is 14.1. The lowest BCUT2D eigenvalue weighted by Crippen LogP contribution is -2.29. The highest BCUT2D eigenvalue weighted by atomic mass is 32.2. The average Bonchev–Trinajstić information content (AvgIpc) is 3.25. The van der Waals surface area contributed by atoms with Crippen LogP contribution in [0.1, 0.15) is 17.2 Å². The molecule has 2 unspecified atom stereocenters. The van der Waals surface area contributed by atoms with E-state index in [0.29, 0.717) is 31.9 Å². The molecule has 2 fully saturated rings. The molecule has 2 aliphatic heterocycles. The molecule has 2 saturated heterocycles. The molecule has 0 spiro atoms. The summed E-state index contributed by atoms with van der Waals surface area (Å²) in [5, 5.41) is 1.61. The normalized spacial score (nSPS) is 21.2. The smallest absolute Gasteiger partial charge is 0.410 e. The number of ether oxygens (including phenoxy) is 2. The van der Waals surface area contributed by atoms with Gasteiger partial charge in [0.15, 0.2) is 0 Å². The van der Waals surface area contributed by atoms with Crippen molar-refractivity contribution >= 4 is 29.0 Å². The Balaban J connectivity index is 1.24. The minimum atomic E-state index is -0.381. The number of hydrogen-bond donors (Lipinski definition) is 1. The predicted molar refractivity (Wildman–Crippen MR) is 108 cm³/mol. The van der Waals surface area contributed by atoms with E-state index in [1.165, 1.54) is 0 Å². The van der Waals surface area contributed by atoms with Crippen LogP contribution in [0.5, 0.6) is 5.75 Å². The number of carbonyl (C=O) groups is 3. The summed E-state index contributed by atoms with van der Waals surface area (Å²) in [7, 11) is 0. The zero-order valence-corrected chi connectivity index (χ0v) is 16.4. The minimum Gasteiger partial charge on any atom is -0.492 e. The fraction of sp³-hybridized carbons (Fsp3) is 0.286. The van der Waals surface area contributed by atoms with Gasteiger partial charge in [-0.25, -0.2) is 4.79 Å². The number of nitrogens with one attached hydrogen (secondary N) is 1. The number of rotatable bonds is 7. The summed E-state index contributed by atoms with van der Waals surface area (Å²) in [5.74, 6) is 0.437.